The van der Waals surface area contributed by atoms with Gasteiger partial charge in [-0.05, 0) is 6.07 Å². The molecular formula is C25H30N2O6. The fourth-order valence-electron chi connectivity index (χ4n) is 2.54. The monoisotopic (exact) mass is 454 g/mol. The van der Waals surface area contributed by atoms with E-state index in [-0.39, 0.29) is 25.3 Å². The molecule has 0 heterocycles. The van der Waals surface area contributed by atoms with E-state index in [2.05, 4.69) is 10.6 Å². The number of carboxylic acids is 1. The average Bonchev–Trinajstić information content (AvgIpc) is 2.75. The topological polar surface area (TPSA) is 125 Å². The number of hydrogen-bond donors (Lipinski definition) is 4. The molecule has 1 unspecified atom stereocenters. The first-order valence-electron chi connectivity index (χ1n) is 10.3. The summed E-state index contributed by atoms with van der Waals surface area (Å²) in [7, 11) is 1.55. The Morgan fingerprint density at radius 1 is 1.03 bits per heavy atom. The van der Waals surface area contributed by atoms with Crippen LogP contribution in [-0.2, 0) is 14.4 Å². The van der Waals surface area contributed by atoms with Gasteiger partial charge in [-0.3, -0.25) is 14.4 Å². The minimum Gasteiger partial charge on any atom is -0.495 e. The van der Waals surface area contributed by atoms with Crippen LogP contribution in [0.1, 0.15) is 25.3 Å². The van der Waals surface area contributed by atoms with Gasteiger partial charge in [-0.2, -0.15) is 0 Å². The molecule has 0 saturated carbocycles. The van der Waals surface area contributed by atoms with E-state index in [4.69, 9.17) is 9.84 Å². The number of methoxy groups -OCH3 is 1. The molecule has 1 rings (SSSR count). The zero-order valence-electron chi connectivity index (χ0n) is 18.7. The third-order valence-electron chi connectivity index (χ3n) is 4.02. The van der Waals surface area contributed by atoms with Crippen LogP contribution in [0.5, 0.6) is 5.75 Å². The van der Waals surface area contributed by atoms with E-state index in [1.165, 1.54) is 13.0 Å². The zero-order valence-corrected chi connectivity index (χ0v) is 18.7. The van der Waals surface area contributed by atoms with Gasteiger partial charge in [-0.25, -0.2) is 0 Å². The lowest BCUT2D eigenvalue weighted by Crippen LogP contribution is -2.28. The number of nitrogens with one attached hydrogen (secondary N) is 2. The molecule has 0 aliphatic heterocycles. The van der Waals surface area contributed by atoms with E-state index in [0.717, 1.165) is 5.56 Å². The van der Waals surface area contributed by atoms with Gasteiger partial charge in [0, 0.05) is 19.0 Å². The highest BCUT2D eigenvalue weighted by Gasteiger charge is 2.08. The van der Waals surface area contributed by atoms with Crippen molar-refractivity contribution in [3.8, 4) is 5.75 Å². The summed E-state index contributed by atoms with van der Waals surface area (Å²) in [4.78, 5) is 33.3. The molecule has 0 fully saturated rings. The molecule has 8 heteroatoms. The van der Waals surface area contributed by atoms with E-state index < -0.39 is 18.0 Å². The molecule has 8 nitrogen and oxygen atoms in total. The molecule has 0 aliphatic rings. The molecule has 0 aromatic heterocycles. The van der Waals surface area contributed by atoms with Crippen molar-refractivity contribution in [1.82, 2.24) is 5.32 Å². The van der Waals surface area contributed by atoms with Gasteiger partial charge >= 0.3 is 5.97 Å². The third kappa shape index (κ3) is 12.5. The quantitative estimate of drug-likeness (QED) is 0.339. The minimum absolute atomic E-state index is 0.0357. The van der Waals surface area contributed by atoms with Crippen LogP contribution in [0, 0.1) is 0 Å². The number of para-hydroxylation sites is 1. The fourth-order valence-corrected chi connectivity index (χ4v) is 2.54. The van der Waals surface area contributed by atoms with Crippen LogP contribution >= 0.6 is 0 Å². The molecule has 176 valence electrons. The molecule has 0 bridgehead atoms. The van der Waals surface area contributed by atoms with Crippen LogP contribution in [0.15, 0.2) is 72.9 Å². The van der Waals surface area contributed by atoms with Gasteiger partial charge in [-0.1, -0.05) is 72.9 Å². The number of amides is 2. The number of rotatable bonds is 13. The second-order valence-corrected chi connectivity index (χ2v) is 6.77. The Kier molecular flexibility index (Phi) is 13.0. The Morgan fingerprint density at radius 3 is 2.27 bits per heavy atom. The zero-order chi connectivity index (χ0) is 24.5. The molecule has 0 saturated heterocycles. The average molecular weight is 455 g/mol. The van der Waals surface area contributed by atoms with Gasteiger partial charge in [0.25, 0.3) is 0 Å². The maximum absolute atomic E-state index is 11.5. The van der Waals surface area contributed by atoms with Gasteiger partial charge in [0.2, 0.25) is 11.8 Å². The Labute approximate surface area is 193 Å². The van der Waals surface area contributed by atoms with Crippen LogP contribution in [0.25, 0.3) is 6.08 Å². The van der Waals surface area contributed by atoms with Crippen LogP contribution in [0.3, 0.4) is 0 Å². The highest BCUT2D eigenvalue weighted by atomic mass is 16.5. The van der Waals surface area contributed by atoms with Crippen LogP contribution in [-0.4, -0.2) is 47.8 Å². The number of ether oxygens (including phenoxy) is 1. The number of anilines is 1. The summed E-state index contributed by atoms with van der Waals surface area (Å²) in [5, 5.41) is 23.5. The van der Waals surface area contributed by atoms with Gasteiger partial charge in [0.1, 0.15) is 5.75 Å². The molecule has 1 aromatic carbocycles. The van der Waals surface area contributed by atoms with Crippen molar-refractivity contribution in [2.75, 3.05) is 19.0 Å². The fraction of sp³-hybridized carbons (Fsp3) is 0.240. The molecule has 2 amide bonds. The number of carbonyl (C=O) groups excluding carboxylic acids is 2. The maximum Gasteiger partial charge on any atom is 0.305 e. The van der Waals surface area contributed by atoms with Crippen LogP contribution < -0.4 is 15.4 Å². The molecule has 33 heavy (non-hydrogen) atoms. The molecule has 1 aromatic rings. The second-order valence-electron chi connectivity index (χ2n) is 6.77. The van der Waals surface area contributed by atoms with Crippen molar-refractivity contribution in [2.45, 2.75) is 25.9 Å². The summed E-state index contributed by atoms with van der Waals surface area (Å²) in [5.41, 5.74) is 1.43. The number of hydrogen-bond acceptors (Lipinski definition) is 5. The Balaban J connectivity index is 2.46. The number of aliphatic hydroxyl groups excluding tert-OH is 1. The lowest BCUT2D eigenvalue weighted by atomic mass is 10.1. The summed E-state index contributed by atoms with van der Waals surface area (Å²) in [6.45, 7) is 1.48. The first kappa shape index (κ1) is 27.1. The minimum atomic E-state index is -0.993. The van der Waals surface area contributed by atoms with Crippen molar-refractivity contribution < 1.29 is 29.3 Å². The smallest absolute Gasteiger partial charge is 0.305 e. The predicted molar refractivity (Wildman–Crippen MR) is 129 cm³/mol. The first-order chi connectivity index (χ1) is 15.8. The molecule has 0 radical (unpaired) electrons. The molecule has 0 spiro atoms. The van der Waals surface area contributed by atoms with E-state index in [0.29, 0.717) is 11.4 Å². The number of allylic oxidation sites excluding steroid dienone is 8. The molecule has 1 atom stereocenters. The van der Waals surface area contributed by atoms with Crippen molar-refractivity contribution in [1.29, 1.82) is 0 Å². The summed E-state index contributed by atoms with van der Waals surface area (Å²) < 4.78 is 5.29. The van der Waals surface area contributed by atoms with Crippen molar-refractivity contribution in [3.63, 3.8) is 0 Å². The predicted octanol–water partition coefficient (Wildman–Crippen LogP) is 3.23. The summed E-state index contributed by atoms with van der Waals surface area (Å²) in [5.74, 6) is -1.00. The highest BCUT2D eigenvalue weighted by molar-refractivity contribution is 5.93. The third-order valence-corrected chi connectivity index (χ3v) is 4.02. The standard InChI is InChI=1S/C25H30N2O6/c1-19(28)27-25-20(13-11-15-22(25)33-2)12-9-7-5-3-4-6-8-10-14-21(29)18-23(30)26-17-16-24(31)32/h3-15,21,29H,16-18H2,1-2H3,(H,26,30)(H,27,28)(H,31,32)/b4-3+,7-5+,8-6+,12-9-,14-10+. The van der Waals surface area contributed by atoms with Gasteiger partial charge in [-0.15, -0.1) is 0 Å². The number of aliphatic hydroxyl groups is 1. The van der Waals surface area contributed by atoms with E-state index >= 15 is 0 Å². The Bertz CT molecular complexity index is 944. The van der Waals surface area contributed by atoms with Crippen molar-refractivity contribution in [3.05, 3.63) is 78.4 Å². The van der Waals surface area contributed by atoms with Crippen molar-refractivity contribution in [2.24, 2.45) is 0 Å². The van der Waals surface area contributed by atoms with Crippen LogP contribution in [0.4, 0.5) is 5.69 Å². The number of benzene rings is 1. The van der Waals surface area contributed by atoms with Crippen molar-refractivity contribution >= 4 is 29.5 Å². The number of carboxylic acid groups (broad SMARTS) is 1. The van der Waals surface area contributed by atoms with E-state index in [1.807, 2.05) is 42.5 Å². The highest BCUT2D eigenvalue weighted by Crippen LogP contribution is 2.29. The Hall–Kier alpha value is -3.91. The van der Waals surface area contributed by atoms with E-state index in [9.17, 15) is 19.5 Å². The van der Waals surface area contributed by atoms with Gasteiger partial charge < -0.3 is 25.6 Å². The molecular weight excluding hydrogens is 424 g/mol. The SMILES string of the molecule is COc1cccc(\C=C/C=C/C=C/C=C/C=C/C(O)CC(=O)NCCC(=O)O)c1NC(C)=O. The normalized spacial score (nSPS) is 12.8. The second kappa shape index (κ2) is 15.8. The summed E-state index contributed by atoms with van der Waals surface area (Å²) in [6.07, 6.45) is 16.3. The molecule has 4 N–H and O–H groups in total. The lowest BCUT2D eigenvalue weighted by Gasteiger charge is -2.11. The number of carbonyl (C=O) groups is 3. The maximum atomic E-state index is 11.5. The summed E-state index contributed by atoms with van der Waals surface area (Å²) in [6, 6.07) is 5.49. The Morgan fingerprint density at radius 2 is 1.67 bits per heavy atom. The first-order valence-corrected chi connectivity index (χ1v) is 10.3. The van der Waals surface area contributed by atoms with Crippen LogP contribution in [0.2, 0.25) is 0 Å². The van der Waals surface area contributed by atoms with Gasteiger partial charge in [0.15, 0.2) is 0 Å². The largest absolute Gasteiger partial charge is 0.495 e. The number of aliphatic carboxylic acids is 1. The van der Waals surface area contributed by atoms with Gasteiger partial charge in [0.05, 0.1) is 31.7 Å². The van der Waals surface area contributed by atoms with E-state index in [1.54, 1.807) is 37.5 Å². The molecule has 0 aliphatic carbocycles. The summed E-state index contributed by atoms with van der Waals surface area (Å²) >= 11 is 0. The lowest BCUT2D eigenvalue weighted by molar-refractivity contribution is -0.137.